The van der Waals surface area contributed by atoms with Gasteiger partial charge in [0.05, 0.1) is 4.90 Å². The summed E-state index contributed by atoms with van der Waals surface area (Å²) in [7, 11) is -3.63. The van der Waals surface area contributed by atoms with Gasteiger partial charge in [-0.3, -0.25) is 9.52 Å². The monoisotopic (exact) mass is 359 g/mol. The Morgan fingerprint density at radius 2 is 1.60 bits per heavy atom. The first-order chi connectivity index (χ1) is 12.0. The number of carbonyl (C=O) groups is 1. The average Bonchev–Trinajstić information content (AvgIpc) is 2.63. The second kappa shape index (κ2) is 7.67. The van der Waals surface area contributed by atoms with Crippen molar-refractivity contribution in [3.63, 3.8) is 0 Å². The maximum Gasteiger partial charge on any atom is 0.261 e. The predicted octanol–water partition coefficient (Wildman–Crippen LogP) is 1.97. The van der Waals surface area contributed by atoms with E-state index in [9.17, 15) is 13.2 Å². The molecule has 0 aliphatic carbocycles. The summed E-state index contributed by atoms with van der Waals surface area (Å²) in [5, 5.41) is 6.27. The Morgan fingerprint density at radius 3 is 2.24 bits per heavy atom. The van der Waals surface area contributed by atoms with E-state index in [1.807, 2.05) is 0 Å². The van der Waals surface area contributed by atoms with Crippen LogP contribution < -0.4 is 15.4 Å². The molecule has 132 valence electrons. The molecule has 1 amide bonds. The maximum absolute atomic E-state index is 12.3. The van der Waals surface area contributed by atoms with Crippen molar-refractivity contribution >= 4 is 21.6 Å². The van der Waals surface area contributed by atoms with Crippen LogP contribution in [0.15, 0.2) is 59.5 Å². The van der Waals surface area contributed by atoms with E-state index in [0.29, 0.717) is 11.3 Å². The number of sulfonamides is 1. The van der Waals surface area contributed by atoms with Gasteiger partial charge in [0, 0.05) is 17.3 Å². The second-order valence-electron chi connectivity index (χ2n) is 5.99. The van der Waals surface area contributed by atoms with E-state index in [1.165, 1.54) is 12.1 Å². The first kappa shape index (κ1) is 17.4. The molecule has 7 heteroatoms. The molecule has 1 fully saturated rings. The number of hydrogen-bond donors (Lipinski definition) is 3. The fourth-order valence-corrected chi connectivity index (χ4v) is 3.82. The zero-order valence-corrected chi connectivity index (χ0v) is 14.6. The van der Waals surface area contributed by atoms with Gasteiger partial charge < -0.3 is 10.6 Å². The lowest BCUT2D eigenvalue weighted by Crippen LogP contribution is -2.42. The van der Waals surface area contributed by atoms with Gasteiger partial charge >= 0.3 is 0 Å². The van der Waals surface area contributed by atoms with Gasteiger partial charge in [-0.2, -0.15) is 0 Å². The van der Waals surface area contributed by atoms with Crippen molar-refractivity contribution in [1.29, 1.82) is 0 Å². The van der Waals surface area contributed by atoms with Gasteiger partial charge in [-0.1, -0.05) is 18.2 Å². The minimum absolute atomic E-state index is 0.135. The zero-order chi connectivity index (χ0) is 17.7. The van der Waals surface area contributed by atoms with Gasteiger partial charge in [-0.25, -0.2) is 8.42 Å². The second-order valence-corrected chi connectivity index (χ2v) is 7.68. The third-order valence-corrected chi connectivity index (χ3v) is 5.52. The van der Waals surface area contributed by atoms with E-state index in [0.717, 1.165) is 25.9 Å². The van der Waals surface area contributed by atoms with Crippen molar-refractivity contribution in [1.82, 2.24) is 10.6 Å². The highest BCUT2D eigenvalue weighted by Gasteiger charge is 2.17. The number of hydrogen-bond acceptors (Lipinski definition) is 4. The fraction of sp³-hybridized carbons (Fsp3) is 0.278. The van der Waals surface area contributed by atoms with Crippen LogP contribution in [0.2, 0.25) is 0 Å². The van der Waals surface area contributed by atoms with Crippen molar-refractivity contribution in [3.05, 3.63) is 60.2 Å². The van der Waals surface area contributed by atoms with Crippen molar-refractivity contribution in [2.75, 3.05) is 17.8 Å². The van der Waals surface area contributed by atoms with Gasteiger partial charge in [0.2, 0.25) is 0 Å². The smallest absolute Gasteiger partial charge is 0.261 e. The molecule has 1 heterocycles. The van der Waals surface area contributed by atoms with Crippen molar-refractivity contribution in [3.8, 4) is 0 Å². The summed E-state index contributed by atoms with van der Waals surface area (Å²) in [5.41, 5.74) is 0.934. The molecule has 0 bridgehead atoms. The standard InChI is InChI=1S/C18H21N3O3S/c22-18(20-15-10-12-19-13-11-15)14-6-8-16(9-7-14)21-25(23,24)17-4-2-1-3-5-17/h1-9,15,19,21H,10-13H2,(H,20,22). The highest BCUT2D eigenvalue weighted by atomic mass is 32.2. The number of nitrogens with one attached hydrogen (secondary N) is 3. The van der Waals surface area contributed by atoms with Crippen molar-refractivity contribution < 1.29 is 13.2 Å². The Labute approximate surface area is 147 Å². The average molecular weight is 359 g/mol. The van der Waals surface area contributed by atoms with Crippen LogP contribution in [0, 0.1) is 0 Å². The molecule has 1 saturated heterocycles. The number of anilines is 1. The highest BCUT2D eigenvalue weighted by molar-refractivity contribution is 7.92. The molecule has 3 N–H and O–H groups in total. The fourth-order valence-electron chi connectivity index (χ4n) is 2.74. The van der Waals surface area contributed by atoms with E-state index >= 15 is 0 Å². The van der Waals surface area contributed by atoms with Crippen LogP contribution in [0.3, 0.4) is 0 Å². The lowest BCUT2D eigenvalue weighted by molar-refractivity contribution is 0.0929. The Morgan fingerprint density at radius 1 is 0.960 bits per heavy atom. The third-order valence-electron chi connectivity index (χ3n) is 4.13. The predicted molar refractivity (Wildman–Crippen MR) is 97.1 cm³/mol. The Hall–Kier alpha value is -2.38. The molecule has 2 aromatic carbocycles. The van der Waals surface area contributed by atoms with Crippen LogP contribution in [0.25, 0.3) is 0 Å². The summed E-state index contributed by atoms with van der Waals surface area (Å²) >= 11 is 0. The lowest BCUT2D eigenvalue weighted by atomic mass is 10.1. The minimum Gasteiger partial charge on any atom is -0.349 e. The maximum atomic E-state index is 12.3. The summed E-state index contributed by atoms with van der Waals surface area (Å²) in [6.07, 6.45) is 1.83. The molecule has 0 aromatic heterocycles. The van der Waals surface area contributed by atoms with Crippen LogP contribution in [-0.2, 0) is 10.0 Å². The van der Waals surface area contributed by atoms with Gasteiger partial charge in [-0.05, 0) is 62.3 Å². The summed E-state index contributed by atoms with van der Waals surface area (Å²) in [5.74, 6) is -0.135. The van der Waals surface area contributed by atoms with E-state index in [2.05, 4.69) is 15.4 Å². The Bertz CT molecular complexity index is 814. The molecule has 0 saturated carbocycles. The lowest BCUT2D eigenvalue weighted by Gasteiger charge is -2.23. The van der Waals surface area contributed by atoms with Crippen LogP contribution in [0.5, 0.6) is 0 Å². The SMILES string of the molecule is O=C(NC1CCNCC1)c1ccc(NS(=O)(=O)c2ccccc2)cc1. The molecule has 25 heavy (non-hydrogen) atoms. The third kappa shape index (κ3) is 4.58. The first-order valence-corrected chi connectivity index (χ1v) is 9.72. The van der Waals surface area contributed by atoms with E-state index in [-0.39, 0.29) is 16.8 Å². The summed E-state index contributed by atoms with van der Waals surface area (Å²) in [6.45, 7) is 1.82. The molecule has 1 aliphatic heterocycles. The number of piperidine rings is 1. The normalized spacial score (nSPS) is 15.5. The molecular weight excluding hydrogens is 338 g/mol. The van der Waals surface area contributed by atoms with Crippen LogP contribution in [0.1, 0.15) is 23.2 Å². The largest absolute Gasteiger partial charge is 0.349 e. The van der Waals surface area contributed by atoms with E-state index < -0.39 is 10.0 Å². The van der Waals surface area contributed by atoms with Crippen LogP contribution >= 0.6 is 0 Å². The number of carbonyl (C=O) groups excluding carboxylic acids is 1. The van der Waals surface area contributed by atoms with E-state index in [1.54, 1.807) is 42.5 Å². The van der Waals surface area contributed by atoms with Gasteiger partial charge in [0.25, 0.3) is 15.9 Å². The van der Waals surface area contributed by atoms with Crippen LogP contribution in [0.4, 0.5) is 5.69 Å². The van der Waals surface area contributed by atoms with Gasteiger partial charge in [0.15, 0.2) is 0 Å². The molecular formula is C18H21N3O3S. The molecule has 0 radical (unpaired) electrons. The summed E-state index contributed by atoms with van der Waals surface area (Å²) < 4.78 is 27.1. The molecule has 0 atom stereocenters. The molecule has 0 unspecified atom stereocenters. The molecule has 1 aliphatic rings. The quantitative estimate of drug-likeness (QED) is 0.762. The van der Waals surface area contributed by atoms with E-state index in [4.69, 9.17) is 0 Å². The van der Waals surface area contributed by atoms with Crippen molar-refractivity contribution in [2.24, 2.45) is 0 Å². The number of rotatable bonds is 5. The van der Waals surface area contributed by atoms with Crippen LogP contribution in [-0.4, -0.2) is 33.5 Å². The molecule has 0 spiro atoms. The molecule has 2 aromatic rings. The zero-order valence-electron chi connectivity index (χ0n) is 13.7. The highest BCUT2D eigenvalue weighted by Crippen LogP contribution is 2.16. The minimum atomic E-state index is -3.63. The van der Waals surface area contributed by atoms with Gasteiger partial charge in [-0.15, -0.1) is 0 Å². The summed E-state index contributed by atoms with van der Waals surface area (Å²) in [6, 6.07) is 14.8. The Balaban J connectivity index is 1.65. The molecule has 3 rings (SSSR count). The number of amides is 1. The van der Waals surface area contributed by atoms with Gasteiger partial charge in [0.1, 0.15) is 0 Å². The Kier molecular flexibility index (Phi) is 5.35. The topological polar surface area (TPSA) is 87.3 Å². The molecule has 6 nitrogen and oxygen atoms in total. The summed E-state index contributed by atoms with van der Waals surface area (Å²) in [4.78, 5) is 12.5. The van der Waals surface area contributed by atoms with Crippen molar-refractivity contribution in [2.45, 2.75) is 23.8 Å². The number of benzene rings is 2. The first-order valence-electron chi connectivity index (χ1n) is 8.24.